The second-order valence-corrected chi connectivity index (χ2v) is 5.98. The molecule has 0 aliphatic rings. The van der Waals surface area contributed by atoms with Crippen LogP contribution in [0.4, 0.5) is 11.5 Å². The van der Waals surface area contributed by atoms with Crippen molar-refractivity contribution in [3.05, 3.63) is 40.5 Å². The van der Waals surface area contributed by atoms with Crippen molar-refractivity contribution in [1.82, 2.24) is 15.2 Å². The van der Waals surface area contributed by atoms with Crippen molar-refractivity contribution in [1.29, 1.82) is 0 Å². The standard InChI is InChI=1S/C14H13N5S2/c1-7-8(2)18-19-14(12(7)13(15)20)17-9-3-4-10-11(5-9)21-6-16-10/h3-6H,1-2H3,(H2,15,20)(H,17,19). The minimum absolute atomic E-state index is 0.312. The Kier molecular flexibility index (Phi) is 3.52. The Balaban J connectivity index is 2.04. The van der Waals surface area contributed by atoms with Gasteiger partial charge in [0.2, 0.25) is 0 Å². The summed E-state index contributed by atoms with van der Waals surface area (Å²) in [7, 11) is 0. The first-order chi connectivity index (χ1) is 10.1. The predicted octanol–water partition coefficient (Wildman–Crippen LogP) is 3.08. The molecule has 0 amide bonds. The van der Waals surface area contributed by atoms with Crippen LogP contribution in [0.25, 0.3) is 10.2 Å². The molecule has 0 bridgehead atoms. The molecule has 2 heterocycles. The normalized spacial score (nSPS) is 10.8. The van der Waals surface area contributed by atoms with Crippen molar-refractivity contribution >= 4 is 50.3 Å². The van der Waals surface area contributed by atoms with E-state index in [4.69, 9.17) is 18.0 Å². The SMILES string of the molecule is Cc1nnc(Nc2ccc3ncsc3c2)c(C(N)=S)c1C. The van der Waals surface area contributed by atoms with Gasteiger partial charge in [0.25, 0.3) is 0 Å². The van der Waals surface area contributed by atoms with Gasteiger partial charge in [0.15, 0.2) is 5.82 Å². The Morgan fingerprint density at radius 1 is 1.29 bits per heavy atom. The Hall–Kier alpha value is -2.12. The number of hydrogen-bond acceptors (Lipinski definition) is 6. The van der Waals surface area contributed by atoms with E-state index in [-0.39, 0.29) is 0 Å². The van der Waals surface area contributed by atoms with Gasteiger partial charge in [0.05, 0.1) is 27.0 Å². The van der Waals surface area contributed by atoms with Crippen LogP contribution in [-0.4, -0.2) is 20.2 Å². The lowest BCUT2D eigenvalue weighted by Gasteiger charge is -2.13. The van der Waals surface area contributed by atoms with Gasteiger partial charge in [-0.2, -0.15) is 5.10 Å². The van der Waals surface area contributed by atoms with Gasteiger partial charge in [-0.1, -0.05) is 12.2 Å². The second-order valence-electron chi connectivity index (χ2n) is 4.66. The number of nitrogens with two attached hydrogens (primary N) is 1. The molecule has 5 nitrogen and oxygen atoms in total. The van der Waals surface area contributed by atoms with E-state index in [9.17, 15) is 0 Å². The van der Waals surface area contributed by atoms with Gasteiger partial charge in [0, 0.05) is 5.69 Å². The fourth-order valence-corrected chi connectivity index (χ4v) is 3.03. The topological polar surface area (TPSA) is 76.7 Å². The third-order valence-corrected chi connectivity index (χ3v) is 4.29. The Morgan fingerprint density at radius 3 is 2.86 bits per heavy atom. The third kappa shape index (κ3) is 2.57. The van der Waals surface area contributed by atoms with Crippen LogP contribution in [0.15, 0.2) is 23.7 Å². The van der Waals surface area contributed by atoms with Crippen LogP contribution in [0, 0.1) is 13.8 Å². The van der Waals surface area contributed by atoms with Crippen LogP contribution in [0.1, 0.15) is 16.8 Å². The number of rotatable bonds is 3. The average molecular weight is 315 g/mol. The van der Waals surface area contributed by atoms with Crippen molar-refractivity contribution in [3.8, 4) is 0 Å². The highest BCUT2D eigenvalue weighted by Crippen LogP contribution is 2.26. The summed E-state index contributed by atoms with van der Waals surface area (Å²) in [5.41, 5.74) is 12.0. The van der Waals surface area contributed by atoms with Crippen molar-refractivity contribution in [2.24, 2.45) is 5.73 Å². The summed E-state index contributed by atoms with van der Waals surface area (Å²) in [5.74, 6) is 0.578. The van der Waals surface area contributed by atoms with E-state index in [1.54, 1.807) is 11.3 Å². The molecule has 0 radical (unpaired) electrons. The largest absolute Gasteiger partial charge is 0.389 e. The Labute approximate surface area is 131 Å². The first-order valence-electron chi connectivity index (χ1n) is 6.30. The molecule has 106 valence electrons. The number of anilines is 2. The number of hydrogen-bond donors (Lipinski definition) is 2. The van der Waals surface area contributed by atoms with E-state index >= 15 is 0 Å². The molecule has 0 aliphatic heterocycles. The molecule has 0 saturated heterocycles. The maximum atomic E-state index is 5.83. The molecule has 0 unspecified atom stereocenters. The molecular formula is C14H13N5S2. The molecule has 3 aromatic rings. The molecule has 0 saturated carbocycles. The van der Waals surface area contributed by atoms with Crippen LogP contribution in [0.2, 0.25) is 0 Å². The third-order valence-electron chi connectivity index (χ3n) is 3.29. The van der Waals surface area contributed by atoms with Gasteiger partial charge in [0.1, 0.15) is 4.99 Å². The summed E-state index contributed by atoms with van der Waals surface area (Å²) in [4.78, 5) is 4.57. The molecule has 3 N–H and O–H groups in total. The number of benzene rings is 1. The first kappa shape index (κ1) is 13.8. The van der Waals surface area contributed by atoms with Gasteiger partial charge in [-0.05, 0) is 37.6 Å². The maximum Gasteiger partial charge on any atom is 0.163 e. The minimum Gasteiger partial charge on any atom is -0.389 e. The van der Waals surface area contributed by atoms with Crippen LogP contribution in [-0.2, 0) is 0 Å². The summed E-state index contributed by atoms with van der Waals surface area (Å²) < 4.78 is 1.11. The molecule has 0 spiro atoms. The smallest absolute Gasteiger partial charge is 0.163 e. The van der Waals surface area contributed by atoms with Crippen molar-refractivity contribution in [2.45, 2.75) is 13.8 Å². The van der Waals surface area contributed by atoms with Crippen LogP contribution >= 0.6 is 23.6 Å². The average Bonchev–Trinajstić information content (AvgIpc) is 2.90. The quantitative estimate of drug-likeness (QED) is 0.723. The summed E-state index contributed by atoms with van der Waals surface area (Å²) in [6.07, 6.45) is 0. The van der Waals surface area contributed by atoms with Gasteiger partial charge < -0.3 is 11.1 Å². The van der Waals surface area contributed by atoms with Gasteiger partial charge in [-0.15, -0.1) is 16.4 Å². The Bertz CT molecular complexity index is 840. The molecule has 0 atom stereocenters. The fraction of sp³-hybridized carbons (Fsp3) is 0.143. The molecule has 2 aromatic heterocycles. The number of thiocarbonyl (C=S) groups is 1. The van der Waals surface area contributed by atoms with Crippen LogP contribution < -0.4 is 11.1 Å². The highest BCUT2D eigenvalue weighted by molar-refractivity contribution is 7.80. The fourth-order valence-electron chi connectivity index (χ4n) is 2.07. The van der Waals surface area contributed by atoms with E-state index in [0.29, 0.717) is 10.8 Å². The number of fused-ring (bicyclic) bond motifs is 1. The maximum absolute atomic E-state index is 5.83. The van der Waals surface area contributed by atoms with Gasteiger partial charge in [-0.25, -0.2) is 4.98 Å². The van der Waals surface area contributed by atoms with Crippen molar-refractivity contribution in [3.63, 3.8) is 0 Å². The minimum atomic E-state index is 0.312. The number of thiazole rings is 1. The van der Waals surface area contributed by atoms with E-state index in [1.165, 1.54) is 0 Å². The number of aryl methyl sites for hydroxylation is 1. The number of aromatic nitrogens is 3. The van der Waals surface area contributed by atoms with Crippen LogP contribution in [0.5, 0.6) is 0 Å². The van der Waals surface area contributed by atoms with Gasteiger partial charge >= 0.3 is 0 Å². The number of nitrogens with zero attached hydrogens (tertiary/aromatic N) is 3. The van der Waals surface area contributed by atoms with E-state index < -0.39 is 0 Å². The lowest BCUT2D eigenvalue weighted by molar-refractivity contribution is 0.963. The summed E-state index contributed by atoms with van der Waals surface area (Å²) in [6, 6.07) is 5.93. The molecule has 0 aliphatic carbocycles. The molecule has 21 heavy (non-hydrogen) atoms. The van der Waals surface area contributed by atoms with Crippen molar-refractivity contribution in [2.75, 3.05) is 5.32 Å². The monoisotopic (exact) mass is 315 g/mol. The van der Waals surface area contributed by atoms with E-state index in [0.717, 1.165) is 32.7 Å². The zero-order chi connectivity index (χ0) is 15.0. The Morgan fingerprint density at radius 2 is 2.10 bits per heavy atom. The van der Waals surface area contributed by atoms with Crippen LogP contribution in [0.3, 0.4) is 0 Å². The highest BCUT2D eigenvalue weighted by Gasteiger charge is 2.14. The molecule has 7 heteroatoms. The summed E-state index contributed by atoms with van der Waals surface area (Å²) in [5, 5.41) is 11.6. The molecule has 3 rings (SSSR count). The van der Waals surface area contributed by atoms with Gasteiger partial charge in [-0.3, -0.25) is 0 Å². The van der Waals surface area contributed by atoms with E-state index in [1.807, 2.05) is 37.6 Å². The zero-order valence-corrected chi connectivity index (χ0v) is 13.2. The summed E-state index contributed by atoms with van der Waals surface area (Å²) >= 11 is 6.73. The molecule has 0 fully saturated rings. The first-order valence-corrected chi connectivity index (χ1v) is 7.59. The number of nitrogens with one attached hydrogen (secondary N) is 1. The highest BCUT2D eigenvalue weighted by atomic mass is 32.1. The summed E-state index contributed by atoms with van der Waals surface area (Å²) in [6.45, 7) is 3.83. The molecule has 1 aromatic carbocycles. The zero-order valence-electron chi connectivity index (χ0n) is 11.5. The lowest BCUT2D eigenvalue weighted by Crippen LogP contribution is -2.16. The molecular weight excluding hydrogens is 302 g/mol. The lowest BCUT2D eigenvalue weighted by atomic mass is 10.1. The van der Waals surface area contributed by atoms with Crippen molar-refractivity contribution < 1.29 is 0 Å². The predicted molar refractivity (Wildman–Crippen MR) is 90.3 cm³/mol. The second kappa shape index (κ2) is 5.34. The van der Waals surface area contributed by atoms with E-state index in [2.05, 4.69) is 20.5 Å².